The van der Waals surface area contributed by atoms with E-state index in [9.17, 15) is 30.8 Å². The number of nitrogens with one attached hydrogen (secondary N) is 2. The average Bonchev–Trinajstić information content (AvgIpc) is 3.16. The van der Waals surface area contributed by atoms with E-state index in [0.29, 0.717) is 19.3 Å². The Kier molecular flexibility index (Phi) is 7.37. The van der Waals surface area contributed by atoms with Gasteiger partial charge >= 0.3 is 12.3 Å². The summed E-state index contributed by atoms with van der Waals surface area (Å²) in [5.41, 5.74) is 0.718. The van der Waals surface area contributed by atoms with Crippen LogP contribution in [-0.2, 0) is 14.8 Å². The van der Waals surface area contributed by atoms with Crippen molar-refractivity contribution in [3.8, 4) is 0 Å². The Balaban J connectivity index is 1.52. The van der Waals surface area contributed by atoms with E-state index >= 15 is 0 Å². The standard InChI is InChI=1S/C19H21F4N5O4S/c20-15-8-14(33(24,30)31)3-4-16(15)28-17-26-9-12(10-27-17)11-1-2-13(7-11)32-18(29)25-6-5-19(21,22)23/h3-4,8-11,13H,1-2,5-7H2,(H,25,29)(H2,24,30,31)(H,26,27,28)/t11-,13+/m1/s1. The van der Waals surface area contributed by atoms with Crippen LogP contribution in [0.5, 0.6) is 0 Å². The fraction of sp³-hybridized carbons (Fsp3) is 0.421. The van der Waals surface area contributed by atoms with Crippen molar-refractivity contribution in [2.24, 2.45) is 5.14 Å². The average molecular weight is 491 g/mol. The van der Waals surface area contributed by atoms with Crippen molar-refractivity contribution < 1.29 is 35.5 Å². The molecule has 33 heavy (non-hydrogen) atoms. The summed E-state index contributed by atoms with van der Waals surface area (Å²) in [4.78, 5) is 19.5. The molecule has 0 bridgehead atoms. The van der Waals surface area contributed by atoms with Gasteiger partial charge in [0.1, 0.15) is 11.9 Å². The van der Waals surface area contributed by atoms with Crippen molar-refractivity contribution in [2.45, 2.75) is 48.8 Å². The number of anilines is 2. The zero-order chi connectivity index (χ0) is 24.2. The summed E-state index contributed by atoms with van der Waals surface area (Å²) >= 11 is 0. The molecule has 1 saturated carbocycles. The number of hydrogen-bond donors (Lipinski definition) is 3. The lowest BCUT2D eigenvalue weighted by molar-refractivity contribution is -0.133. The number of benzene rings is 1. The van der Waals surface area contributed by atoms with Crippen LogP contribution in [0.2, 0.25) is 0 Å². The number of nitrogens with zero attached hydrogens (tertiary/aromatic N) is 2. The van der Waals surface area contributed by atoms with Gasteiger partial charge in [-0.1, -0.05) is 0 Å². The van der Waals surface area contributed by atoms with Crippen LogP contribution >= 0.6 is 0 Å². The van der Waals surface area contributed by atoms with Crippen molar-refractivity contribution >= 4 is 27.8 Å². The van der Waals surface area contributed by atoms with E-state index in [0.717, 1.165) is 17.7 Å². The lowest BCUT2D eigenvalue weighted by Gasteiger charge is -2.14. The number of alkyl halides is 3. The third-order valence-corrected chi connectivity index (χ3v) is 5.91. The SMILES string of the molecule is NS(=O)(=O)c1ccc(Nc2ncc([C@@H]3CC[C@H](OC(=O)NCCC(F)(F)F)C3)cn2)c(F)c1. The Bertz CT molecular complexity index is 1100. The molecule has 1 aromatic heterocycles. The molecular weight excluding hydrogens is 470 g/mol. The van der Waals surface area contributed by atoms with Crippen molar-refractivity contribution in [3.05, 3.63) is 42.0 Å². The van der Waals surface area contributed by atoms with E-state index in [2.05, 4.69) is 20.6 Å². The quantitative estimate of drug-likeness (QED) is 0.506. The van der Waals surface area contributed by atoms with Crippen LogP contribution in [0.15, 0.2) is 35.5 Å². The number of primary sulfonamides is 1. The van der Waals surface area contributed by atoms with Gasteiger partial charge < -0.3 is 15.4 Å². The van der Waals surface area contributed by atoms with Gasteiger partial charge in [-0.15, -0.1) is 0 Å². The molecule has 0 unspecified atom stereocenters. The monoisotopic (exact) mass is 491 g/mol. The number of carbonyl (C=O) groups excluding carboxylic acids is 1. The molecule has 0 spiro atoms. The molecule has 2 aromatic rings. The number of amides is 1. The van der Waals surface area contributed by atoms with Gasteiger partial charge in [-0.3, -0.25) is 0 Å². The number of carbonyl (C=O) groups is 1. The second-order valence-electron chi connectivity index (χ2n) is 7.48. The maximum atomic E-state index is 14.1. The minimum absolute atomic E-state index is 0.0159. The molecule has 0 radical (unpaired) electrons. The number of sulfonamides is 1. The van der Waals surface area contributed by atoms with Crippen molar-refractivity contribution in [1.82, 2.24) is 15.3 Å². The molecule has 2 atom stereocenters. The fourth-order valence-corrected chi connectivity index (χ4v) is 3.88. The number of alkyl carbamates (subject to hydrolysis) is 1. The predicted octanol–water partition coefficient (Wildman–Crippen LogP) is 3.32. The summed E-state index contributed by atoms with van der Waals surface area (Å²) in [6.45, 7) is -0.549. The molecular formula is C19H21F4N5O4S. The second-order valence-corrected chi connectivity index (χ2v) is 9.04. The van der Waals surface area contributed by atoms with E-state index < -0.39 is 47.2 Å². The lowest BCUT2D eigenvalue weighted by atomic mass is 10.0. The molecule has 4 N–H and O–H groups in total. The van der Waals surface area contributed by atoms with Crippen LogP contribution in [0.3, 0.4) is 0 Å². The maximum Gasteiger partial charge on any atom is 0.407 e. The van der Waals surface area contributed by atoms with Gasteiger partial charge in [0.25, 0.3) is 0 Å². The Morgan fingerprint density at radius 2 is 1.91 bits per heavy atom. The van der Waals surface area contributed by atoms with E-state index in [1.165, 1.54) is 18.5 Å². The van der Waals surface area contributed by atoms with Crippen molar-refractivity contribution in [2.75, 3.05) is 11.9 Å². The maximum absolute atomic E-state index is 14.1. The van der Waals surface area contributed by atoms with Gasteiger partial charge in [-0.25, -0.2) is 32.7 Å². The molecule has 1 fully saturated rings. The number of rotatable bonds is 7. The van der Waals surface area contributed by atoms with E-state index in [-0.39, 0.29) is 22.4 Å². The molecule has 1 amide bonds. The summed E-state index contributed by atoms with van der Waals surface area (Å²) in [5, 5.41) is 9.69. The zero-order valence-corrected chi connectivity index (χ0v) is 17.9. The van der Waals surface area contributed by atoms with Crippen LogP contribution in [0.1, 0.15) is 37.2 Å². The molecule has 3 rings (SSSR count). The largest absolute Gasteiger partial charge is 0.446 e. The van der Waals surface area contributed by atoms with E-state index in [1.807, 2.05) is 0 Å². The molecule has 9 nitrogen and oxygen atoms in total. The van der Waals surface area contributed by atoms with Gasteiger partial charge in [0.15, 0.2) is 0 Å². The molecule has 0 aliphatic heterocycles. The highest BCUT2D eigenvalue weighted by atomic mass is 32.2. The number of ether oxygens (including phenoxy) is 1. The van der Waals surface area contributed by atoms with Crippen molar-refractivity contribution in [1.29, 1.82) is 0 Å². The summed E-state index contributed by atoms with van der Waals surface area (Å²) < 4.78 is 78.2. The third-order valence-electron chi connectivity index (χ3n) is 4.99. The third kappa shape index (κ3) is 7.25. The van der Waals surface area contributed by atoms with Crippen LogP contribution in [0.25, 0.3) is 0 Å². The Labute approximate surface area is 186 Å². The first kappa shape index (κ1) is 24.6. The first-order chi connectivity index (χ1) is 15.4. The fourth-order valence-electron chi connectivity index (χ4n) is 3.36. The van der Waals surface area contributed by atoms with Crippen LogP contribution in [0.4, 0.5) is 34.0 Å². The molecule has 1 heterocycles. The topological polar surface area (TPSA) is 136 Å². The van der Waals surface area contributed by atoms with Crippen molar-refractivity contribution in [3.63, 3.8) is 0 Å². The Hall–Kier alpha value is -3.00. The Morgan fingerprint density at radius 3 is 2.52 bits per heavy atom. The van der Waals surface area contributed by atoms with Crippen LogP contribution in [0, 0.1) is 5.82 Å². The molecule has 1 aromatic carbocycles. The number of aromatic nitrogens is 2. The Morgan fingerprint density at radius 1 is 1.21 bits per heavy atom. The minimum Gasteiger partial charge on any atom is -0.446 e. The summed E-state index contributed by atoms with van der Waals surface area (Å²) in [5.74, 6) is -0.785. The van der Waals surface area contributed by atoms with E-state index in [4.69, 9.17) is 9.88 Å². The number of nitrogens with two attached hydrogens (primary N) is 1. The molecule has 1 aliphatic carbocycles. The van der Waals surface area contributed by atoms with Crippen LogP contribution in [-0.4, -0.2) is 43.3 Å². The molecule has 1 aliphatic rings. The molecule has 0 saturated heterocycles. The minimum atomic E-state index is -4.35. The number of hydrogen-bond acceptors (Lipinski definition) is 7. The first-order valence-corrected chi connectivity index (χ1v) is 11.4. The second kappa shape index (κ2) is 9.87. The van der Waals surface area contributed by atoms with Gasteiger partial charge in [0, 0.05) is 18.9 Å². The summed E-state index contributed by atoms with van der Waals surface area (Å²) in [7, 11) is -4.03. The zero-order valence-electron chi connectivity index (χ0n) is 17.1. The van der Waals surface area contributed by atoms with Gasteiger partial charge in [0.2, 0.25) is 16.0 Å². The lowest BCUT2D eigenvalue weighted by Crippen LogP contribution is -2.31. The number of halogens is 4. The first-order valence-electron chi connectivity index (χ1n) is 9.83. The highest BCUT2D eigenvalue weighted by Gasteiger charge is 2.30. The highest BCUT2D eigenvalue weighted by molar-refractivity contribution is 7.89. The highest BCUT2D eigenvalue weighted by Crippen LogP contribution is 2.35. The van der Waals surface area contributed by atoms with Gasteiger partial charge in [-0.2, -0.15) is 13.2 Å². The summed E-state index contributed by atoms with van der Waals surface area (Å²) in [6, 6.07) is 3.13. The molecule has 180 valence electrons. The van der Waals surface area contributed by atoms with E-state index in [1.54, 1.807) is 0 Å². The van der Waals surface area contributed by atoms with Crippen LogP contribution < -0.4 is 15.8 Å². The molecule has 14 heteroatoms. The van der Waals surface area contributed by atoms with Gasteiger partial charge in [0.05, 0.1) is 17.0 Å². The predicted molar refractivity (Wildman–Crippen MR) is 109 cm³/mol. The normalized spacial score (nSPS) is 18.7. The summed E-state index contributed by atoms with van der Waals surface area (Å²) in [6.07, 6.45) is -2.09. The smallest absolute Gasteiger partial charge is 0.407 e. The van der Waals surface area contributed by atoms with Gasteiger partial charge in [-0.05, 0) is 48.9 Å².